The molecule has 0 saturated carbocycles. The zero-order chi connectivity index (χ0) is 24.7. The lowest BCUT2D eigenvalue weighted by Crippen LogP contribution is -2.22. The van der Waals surface area contributed by atoms with Gasteiger partial charge in [0.25, 0.3) is 5.56 Å². The van der Waals surface area contributed by atoms with Crippen LogP contribution in [0.5, 0.6) is 0 Å². The standard InChI is InChI=1S/C27H24N4O3S/c1-29(2)35(33,34)21-14-15-25-23(17-21)19(18-30(25)3)13-16-26-28-24-12-8-7-11-22(24)27(32)31(26)20-9-5-4-6-10-20/h4-18H,1-3H3/b16-13+. The van der Waals surface area contributed by atoms with Crippen LogP contribution in [0.4, 0.5) is 0 Å². The minimum atomic E-state index is -3.57. The van der Waals surface area contributed by atoms with E-state index >= 15 is 0 Å². The molecule has 2 heterocycles. The second-order valence-corrected chi connectivity index (χ2v) is 10.6. The van der Waals surface area contributed by atoms with Crippen LogP contribution in [0.3, 0.4) is 0 Å². The van der Waals surface area contributed by atoms with Gasteiger partial charge in [0.05, 0.1) is 21.5 Å². The molecule has 176 valence electrons. The van der Waals surface area contributed by atoms with Crippen molar-refractivity contribution in [3.05, 3.63) is 101 Å². The summed E-state index contributed by atoms with van der Waals surface area (Å²) in [7, 11) is 1.36. The van der Waals surface area contributed by atoms with Gasteiger partial charge in [-0.05, 0) is 54.6 Å². The van der Waals surface area contributed by atoms with E-state index in [4.69, 9.17) is 4.98 Å². The Hall–Kier alpha value is -4.01. The molecular formula is C27H24N4O3S. The van der Waals surface area contributed by atoms with E-state index in [0.717, 1.165) is 16.5 Å². The fourth-order valence-electron chi connectivity index (χ4n) is 4.16. The van der Waals surface area contributed by atoms with Crippen molar-refractivity contribution in [2.24, 2.45) is 7.05 Å². The molecule has 0 amide bonds. The van der Waals surface area contributed by atoms with Crippen molar-refractivity contribution >= 4 is 44.0 Å². The average molecular weight is 485 g/mol. The van der Waals surface area contributed by atoms with Gasteiger partial charge in [0.1, 0.15) is 5.82 Å². The molecule has 0 fully saturated rings. The van der Waals surface area contributed by atoms with Crippen LogP contribution in [0.1, 0.15) is 11.4 Å². The first kappa shape index (κ1) is 22.8. The Kier molecular flexibility index (Phi) is 5.62. The zero-order valence-electron chi connectivity index (χ0n) is 19.6. The molecule has 3 aromatic carbocycles. The number of aromatic nitrogens is 3. The van der Waals surface area contributed by atoms with Gasteiger partial charge in [-0.25, -0.2) is 17.7 Å². The Balaban J connectivity index is 1.70. The Bertz CT molecular complexity index is 1770. The van der Waals surface area contributed by atoms with Gasteiger partial charge in [-0.2, -0.15) is 0 Å². The van der Waals surface area contributed by atoms with Crippen LogP contribution < -0.4 is 5.56 Å². The summed E-state index contributed by atoms with van der Waals surface area (Å²) in [5.74, 6) is 0.481. The van der Waals surface area contributed by atoms with Crippen LogP contribution in [0.2, 0.25) is 0 Å². The largest absolute Gasteiger partial charge is 0.350 e. The van der Waals surface area contributed by atoms with E-state index in [1.165, 1.54) is 18.4 Å². The SMILES string of the molecule is CN(C)S(=O)(=O)c1ccc2c(c1)c(/C=C/c1nc3ccccc3c(=O)n1-c1ccccc1)cn2C. The van der Waals surface area contributed by atoms with Crippen molar-refractivity contribution in [1.29, 1.82) is 0 Å². The lowest BCUT2D eigenvalue weighted by Gasteiger charge is -2.12. The van der Waals surface area contributed by atoms with Crippen LogP contribution >= 0.6 is 0 Å². The number of aryl methyl sites for hydroxylation is 1. The van der Waals surface area contributed by atoms with E-state index in [0.29, 0.717) is 22.4 Å². The number of rotatable bonds is 5. The second kappa shape index (κ2) is 8.65. The summed E-state index contributed by atoms with van der Waals surface area (Å²) in [5.41, 5.74) is 2.89. The Labute approximate surface area is 203 Å². The highest BCUT2D eigenvalue weighted by atomic mass is 32.2. The molecule has 0 spiro atoms. The quantitative estimate of drug-likeness (QED) is 0.373. The van der Waals surface area contributed by atoms with Gasteiger partial charge in [0.15, 0.2) is 0 Å². The van der Waals surface area contributed by atoms with Gasteiger partial charge in [-0.3, -0.25) is 9.36 Å². The van der Waals surface area contributed by atoms with E-state index in [2.05, 4.69) is 0 Å². The number of benzene rings is 3. The lowest BCUT2D eigenvalue weighted by molar-refractivity contribution is 0.521. The first-order chi connectivity index (χ1) is 16.8. The van der Waals surface area contributed by atoms with E-state index < -0.39 is 10.0 Å². The molecule has 0 unspecified atom stereocenters. The van der Waals surface area contributed by atoms with Crippen molar-refractivity contribution in [3.8, 4) is 5.69 Å². The number of nitrogens with zero attached hydrogens (tertiary/aromatic N) is 4. The molecule has 0 aliphatic heterocycles. The van der Waals surface area contributed by atoms with Crippen LogP contribution in [0, 0.1) is 0 Å². The predicted molar refractivity (Wildman–Crippen MR) is 140 cm³/mol. The second-order valence-electron chi connectivity index (χ2n) is 8.46. The maximum atomic E-state index is 13.4. The third-order valence-electron chi connectivity index (χ3n) is 6.00. The molecule has 0 radical (unpaired) electrons. The summed E-state index contributed by atoms with van der Waals surface area (Å²) in [4.78, 5) is 18.4. The molecule has 0 N–H and O–H groups in total. The van der Waals surface area contributed by atoms with Gasteiger partial charge in [-0.1, -0.05) is 30.3 Å². The van der Waals surface area contributed by atoms with Crippen LogP contribution in [0.15, 0.2) is 88.7 Å². The number of fused-ring (bicyclic) bond motifs is 2. The Morgan fingerprint density at radius 1 is 0.886 bits per heavy atom. The van der Waals surface area contributed by atoms with Gasteiger partial charge in [0, 0.05) is 43.8 Å². The molecular weight excluding hydrogens is 460 g/mol. The zero-order valence-corrected chi connectivity index (χ0v) is 20.4. The normalized spacial score (nSPS) is 12.3. The van der Waals surface area contributed by atoms with Crippen molar-refractivity contribution in [3.63, 3.8) is 0 Å². The van der Waals surface area contributed by atoms with Gasteiger partial charge >= 0.3 is 0 Å². The molecule has 5 rings (SSSR count). The lowest BCUT2D eigenvalue weighted by atomic mass is 10.1. The molecule has 0 aliphatic rings. The van der Waals surface area contributed by atoms with Crippen LogP contribution in [-0.4, -0.2) is 40.9 Å². The molecule has 5 aromatic rings. The highest BCUT2D eigenvalue weighted by Gasteiger charge is 2.19. The van der Waals surface area contributed by atoms with Gasteiger partial charge in [-0.15, -0.1) is 0 Å². The number of hydrogen-bond donors (Lipinski definition) is 0. The average Bonchev–Trinajstić information content (AvgIpc) is 3.18. The molecule has 0 bridgehead atoms. The third-order valence-corrected chi connectivity index (χ3v) is 7.81. The van der Waals surface area contributed by atoms with Crippen LogP contribution in [0.25, 0.3) is 39.6 Å². The maximum absolute atomic E-state index is 13.4. The number of hydrogen-bond acceptors (Lipinski definition) is 4. The molecule has 0 saturated heterocycles. The van der Waals surface area contributed by atoms with E-state index in [1.54, 1.807) is 34.9 Å². The number of para-hydroxylation sites is 2. The van der Waals surface area contributed by atoms with Crippen molar-refractivity contribution in [1.82, 2.24) is 18.4 Å². The molecule has 2 aromatic heterocycles. The maximum Gasteiger partial charge on any atom is 0.266 e. The molecule has 8 heteroatoms. The van der Waals surface area contributed by atoms with E-state index in [-0.39, 0.29) is 10.5 Å². The summed E-state index contributed by atoms with van der Waals surface area (Å²) in [6, 6.07) is 21.8. The minimum absolute atomic E-state index is 0.154. The smallest absolute Gasteiger partial charge is 0.266 e. The summed E-state index contributed by atoms with van der Waals surface area (Å²) in [6.07, 6.45) is 5.59. The highest BCUT2D eigenvalue weighted by Crippen LogP contribution is 2.27. The summed E-state index contributed by atoms with van der Waals surface area (Å²) < 4.78 is 30.1. The van der Waals surface area contributed by atoms with Crippen LogP contribution in [-0.2, 0) is 17.1 Å². The number of sulfonamides is 1. The van der Waals surface area contributed by atoms with Crippen molar-refractivity contribution in [2.45, 2.75) is 4.90 Å². The van der Waals surface area contributed by atoms with E-state index in [1.807, 2.05) is 72.4 Å². The topological polar surface area (TPSA) is 77.2 Å². The highest BCUT2D eigenvalue weighted by molar-refractivity contribution is 7.89. The summed E-state index contributed by atoms with van der Waals surface area (Å²) >= 11 is 0. The van der Waals surface area contributed by atoms with Gasteiger partial charge in [0.2, 0.25) is 10.0 Å². The monoisotopic (exact) mass is 484 g/mol. The predicted octanol–water partition coefficient (Wildman–Crippen LogP) is 4.30. The fraction of sp³-hybridized carbons (Fsp3) is 0.111. The summed E-state index contributed by atoms with van der Waals surface area (Å²) in [6.45, 7) is 0. The third kappa shape index (κ3) is 3.96. The molecule has 0 aliphatic carbocycles. The molecule has 0 atom stereocenters. The minimum Gasteiger partial charge on any atom is -0.350 e. The van der Waals surface area contributed by atoms with Crippen molar-refractivity contribution < 1.29 is 8.42 Å². The Morgan fingerprint density at radius 2 is 1.60 bits per heavy atom. The first-order valence-electron chi connectivity index (χ1n) is 11.0. The van der Waals surface area contributed by atoms with E-state index in [9.17, 15) is 13.2 Å². The van der Waals surface area contributed by atoms with Gasteiger partial charge < -0.3 is 4.57 Å². The Morgan fingerprint density at radius 3 is 2.34 bits per heavy atom. The van der Waals surface area contributed by atoms with Crippen molar-refractivity contribution in [2.75, 3.05) is 14.1 Å². The molecule has 7 nitrogen and oxygen atoms in total. The first-order valence-corrected chi connectivity index (χ1v) is 12.5. The summed E-state index contributed by atoms with van der Waals surface area (Å²) in [5, 5.41) is 1.33. The molecule has 35 heavy (non-hydrogen) atoms. The fourth-order valence-corrected chi connectivity index (χ4v) is 5.09.